The number of hydrogen-bond donors (Lipinski definition) is 1. The Morgan fingerprint density at radius 3 is 2.50 bits per heavy atom. The molecule has 92 valence electrons. The van der Waals surface area contributed by atoms with Crippen molar-refractivity contribution in [3.8, 4) is 0 Å². The monoisotopic (exact) mass is 232 g/mol. The SMILES string of the molecule is CCCCOOOC(=O)C(=CC(=O)O)CC. The molecule has 0 spiro atoms. The topological polar surface area (TPSA) is 82.1 Å². The maximum absolute atomic E-state index is 11.2. The third-order valence-corrected chi connectivity index (χ3v) is 1.68. The molecule has 0 saturated carbocycles. The van der Waals surface area contributed by atoms with Gasteiger partial charge in [0.25, 0.3) is 0 Å². The van der Waals surface area contributed by atoms with Crippen molar-refractivity contribution in [1.29, 1.82) is 0 Å². The van der Waals surface area contributed by atoms with Crippen molar-refractivity contribution >= 4 is 11.9 Å². The molecule has 0 atom stereocenters. The van der Waals surface area contributed by atoms with Crippen LogP contribution in [0.1, 0.15) is 33.1 Å². The normalized spacial score (nSPS) is 11.2. The molecule has 0 aromatic heterocycles. The smallest absolute Gasteiger partial charge is 0.372 e. The molecule has 0 bridgehead atoms. The average molecular weight is 232 g/mol. The highest BCUT2D eigenvalue weighted by molar-refractivity contribution is 5.95. The number of carbonyl (C=O) groups is 2. The van der Waals surface area contributed by atoms with E-state index in [0.29, 0.717) is 6.61 Å². The lowest BCUT2D eigenvalue weighted by Crippen LogP contribution is -2.10. The van der Waals surface area contributed by atoms with Gasteiger partial charge >= 0.3 is 11.9 Å². The van der Waals surface area contributed by atoms with Crippen LogP contribution in [0.2, 0.25) is 0 Å². The summed E-state index contributed by atoms with van der Waals surface area (Å²) >= 11 is 0. The fourth-order valence-corrected chi connectivity index (χ4v) is 0.800. The third-order valence-electron chi connectivity index (χ3n) is 1.68. The number of unbranched alkanes of at least 4 members (excludes halogenated alkanes) is 1. The summed E-state index contributed by atoms with van der Waals surface area (Å²) in [4.78, 5) is 30.3. The Hall–Kier alpha value is -1.40. The zero-order valence-corrected chi connectivity index (χ0v) is 9.39. The van der Waals surface area contributed by atoms with Crippen LogP contribution in [0.5, 0.6) is 0 Å². The van der Waals surface area contributed by atoms with Gasteiger partial charge in [0, 0.05) is 11.6 Å². The first-order chi connectivity index (χ1) is 7.61. The van der Waals surface area contributed by atoms with E-state index >= 15 is 0 Å². The second kappa shape index (κ2) is 8.87. The van der Waals surface area contributed by atoms with Gasteiger partial charge in [-0.25, -0.2) is 9.59 Å². The Morgan fingerprint density at radius 1 is 1.31 bits per heavy atom. The minimum atomic E-state index is -1.21. The first-order valence-corrected chi connectivity index (χ1v) is 5.05. The second-order valence-electron chi connectivity index (χ2n) is 2.98. The van der Waals surface area contributed by atoms with Crippen LogP contribution in [0.15, 0.2) is 11.6 Å². The number of carbonyl (C=O) groups excluding carboxylic acids is 1. The molecule has 0 saturated heterocycles. The van der Waals surface area contributed by atoms with Crippen LogP contribution in [0.25, 0.3) is 0 Å². The first kappa shape index (κ1) is 14.6. The number of rotatable bonds is 8. The zero-order chi connectivity index (χ0) is 12.4. The molecule has 0 rings (SSSR count). The van der Waals surface area contributed by atoms with Crippen LogP contribution in [-0.4, -0.2) is 23.7 Å². The molecule has 6 nitrogen and oxygen atoms in total. The van der Waals surface area contributed by atoms with Gasteiger partial charge in [0.1, 0.15) is 0 Å². The minimum Gasteiger partial charge on any atom is -0.478 e. The van der Waals surface area contributed by atoms with E-state index in [9.17, 15) is 9.59 Å². The Balaban J connectivity index is 3.90. The predicted octanol–water partition coefficient (Wildman–Crippen LogP) is 1.61. The molecule has 1 N–H and O–H groups in total. The van der Waals surface area contributed by atoms with Crippen molar-refractivity contribution in [2.24, 2.45) is 0 Å². The Bertz CT molecular complexity index is 258. The van der Waals surface area contributed by atoms with Gasteiger partial charge in [0.15, 0.2) is 0 Å². The van der Waals surface area contributed by atoms with Gasteiger partial charge in [-0.2, -0.15) is 4.89 Å². The maximum Gasteiger partial charge on any atom is 0.372 e. The van der Waals surface area contributed by atoms with Gasteiger partial charge in [-0.1, -0.05) is 20.3 Å². The third kappa shape index (κ3) is 6.97. The molecule has 0 heterocycles. The van der Waals surface area contributed by atoms with E-state index in [0.717, 1.165) is 18.9 Å². The molecule has 0 fully saturated rings. The lowest BCUT2D eigenvalue weighted by molar-refractivity contribution is -0.485. The summed E-state index contributed by atoms with van der Waals surface area (Å²) < 4.78 is 0. The fourth-order valence-electron chi connectivity index (χ4n) is 0.800. The highest BCUT2D eigenvalue weighted by atomic mass is 17.5. The van der Waals surface area contributed by atoms with Crippen molar-refractivity contribution in [1.82, 2.24) is 0 Å². The summed E-state index contributed by atoms with van der Waals surface area (Å²) in [7, 11) is 0. The van der Waals surface area contributed by atoms with E-state index in [-0.39, 0.29) is 12.0 Å². The van der Waals surface area contributed by atoms with Gasteiger partial charge in [0.2, 0.25) is 0 Å². The van der Waals surface area contributed by atoms with E-state index in [1.165, 1.54) is 0 Å². The van der Waals surface area contributed by atoms with Crippen molar-refractivity contribution in [3.63, 3.8) is 0 Å². The van der Waals surface area contributed by atoms with E-state index in [4.69, 9.17) is 5.11 Å². The number of aliphatic carboxylic acids is 1. The molecule has 6 heteroatoms. The summed E-state index contributed by atoms with van der Waals surface area (Å²) in [5.74, 6) is -2.07. The minimum absolute atomic E-state index is 0.00610. The standard InChI is InChI=1S/C10H16O6/c1-3-5-6-14-16-15-10(13)8(4-2)7-9(11)12/h7H,3-6H2,1-2H3,(H,11,12). The average Bonchev–Trinajstić information content (AvgIpc) is 2.25. The van der Waals surface area contributed by atoms with Crippen LogP contribution in [0, 0.1) is 0 Å². The van der Waals surface area contributed by atoms with Gasteiger partial charge < -0.3 is 5.11 Å². The van der Waals surface area contributed by atoms with E-state index in [2.05, 4.69) is 14.8 Å². The largest absolute Gasteiger partial charge is 0.478 e. The Kier molecular flexibility index (Phi) is 8.10. The quantitative estimate of drug-likeness (QED) is 0.296. The van der Waals surface area contributed by atoms with Crippen LogP contribution in [-0.2, 0) is 24.4 Å². The van der Waals surface area contributed by atoms with Crippen LogP contribution in [0.4, 0.5) is 0 Å². The molecular formula is C10H16O6. The predicted molar refractivity (Wildman–Crippen MR) is 54.0 cm³/mol. The molecule has 0 aliphatic heterocycles. The number of carboxylic acids is 1. The molecule has 0 aliphatic carbocycles. The summed E-state index contributed by atoms with van der Waals surface area (Å²) in [5.41, 5.74) is 0.00610. The van der Waals surface area contributed by atoms with Gasteiger partial charge in [-0.3, -0.25) is 4.89 Å². The highest BCUT2D eigenvalue weighted by Gasteiger charge is 2.12. The summed E-state index contributed by atoms with van der Waals surface area (Å²) in [6, 6.07) is 0. The lowest BCUT2D eigenvalue weighted by atomic mass is 10.2. The number of carboxylic acid groups (broad SMARTS) is 1. The van der Waals surface area contributed by atoms with Crippen LogP contribution in [0.3, 0.4) is 0 Å². The molecule has 0 aromatic carbocycles. The first-order valence-electron chi connectivity index (χ1n) is 5.05. The van der Waals surface area contributed by atoms with Crippen molar-refractivity contribution in [2.45, 2.75) is 33.1 Å². The second-order valence-corrected chi connectivity index (χ2v) is 2.98. The van der Waals surface area contributed by atoms with Crippen LogP contribution >= 0.6 is 0 Å². The van der Waals surface area contributed by atoms with E-state index in [1.54, 1.807) is 6.92 Å². The molecule has 16 heavy (non-hydrogen) atoms. The Morgan fingerprint density at radius 2 is 2.00 bits per heavy atom. The Labute approximate surface area is 93.7 Å². The molecule has 0 aromatic rings. The zero-order valence-electron chi connectivity index (χ0n) is 9.39. The summed E-state index contributed by atoms with van der Waals surface area (Å²) in [6.45, 7) is 3.92. The van der Waals surface area contributed by atoms with Crippen molar-refractivity contribution in [3.05, 3.63) is 11.6 Å². The molecule has 0 amide bonds. The number of hydrogen-bond acceptors (Lipinski definition) is 5. The highest BCUT2D eigenvalue weighted by Crippen LogP contribution is 2.04. The fraction of sp³-hybridized carbons (Fsp3) is 0.600. The van der Waals surface area contributed by atoms with E-state index < -0.39 is 11.9 Å². The van der Waals surface area contributed by atoms with Crippen molar-refractivity contribution in [2.75, 3.05) is 6.61 Å². The lowest BCUT2D eigenvalue weighted by Gasteiger charge is -2.03. The summed E-state index contributed by atoms with van der Waals surface area (Å²) in [6.07, 6.45) is 2.72. The van der Waals surface area contributed by atoms with E-state index in [1.807, 2.05) is 6.92 Å². The van der Waals surface area contributed by atoms with Gasteiger partial charge in [-0.05, 0) is 17.9 Å². The molecule has 0 radical (unpaired) electrons. The van der Waals surface area contributed by atoms with Gasteiger partial charge in [-0.15, -0.1) is 0 Å². The molecule has 0 aliphatic rings. The maximum atomic E-state index is 11.2. The van der Waals surface area contributed by atoms with Crippen molar-refractivity contribution < 1.29 is 29.5 Å². The van der Waals surface area contributed by atoms with Gasteiger partial charge in [0.05, 0.1) is 6.61 Å². The summed E-state index contributed by atoms with van der Waals surface area (Å²) in [5, 5.41) is 12.6. The molecular weight excluding hydrogens is 216 g/mol. The van der Waals surface area contributed by atoms with Crippen LogP contribution < -0.4 is 0 Å². The molecule has 0 unspecified atom stereocenters.